The maximum absolute atomic E-state index is 13.0. The molecule has 6 nitrogen and oxygen atoms in total. The van der Waals surface area contributed by atoms with Crippen molar-refractivity contribution in [2.75, 3.05) is 27.7 Å². The van der Waals surface area contributed by atoms with E-state index in [1.54, 1.807) is 7.11 Å². The number of hydrogen-bond acceptors (Lipinski definition) is 4. The van der Waals surface area contributed by atoms with Crippen molar-refractivity contribution in [2.24, 2.45) is 0 Å². The zero-order chi connectivity index (χ0) is 20.4. The Kier molecular flexibility index (Phi) is 6.05. The first-order valence-electron chi connectivity index (χ1n) is 9.05. The lowest BCUT2D eigenvalue weighted by Crippen LogP contribution is -2.35. The number of rotatable bonds is 6. The van der Waals surface area contributed by atoms with Crippen molar-refractivity contribution in [2.45, 2.75) is 19.9 Å². The Morgan fingerprint density at radius 3 is 2.57 bits per heavy atom. The number of nitrogens with one attached hydrogen (secondary N) is 1. The lowest BCUT2D eigenvalue weighted by Gasteiger charge is -2.25. The van der Waals surface area contributed by atoms with E-state index in [1.807, 2.05) is 68.9 Å². The molecule has 0 bridgehead atoms. The van der Waals surface area contributed by atoms with Crippen LogP contribution in [0.25, 0.3) is 5.65 Å². The minimum absolute atomic E-state index is 0.0443. The minimum atomic E-state index is -0.136. The van der Waals surface area contributed by atoms with E-state index in [9.17, 15) is 4.79 Å². The summed E-state index contributed by atoms with van der Waals surface area (Å²) in [5.41, 5.74) is 4.17. The second-order valence-corrected chi connectivity index (χ2v) is 7.92. The number of ether oxygens (including phenoxy) is 1. The normalized spacial score (nSPS) is 12.4. The van der Waals surface area contributed by atoms with Crippen molar-refractivity contribution in [1.29, 1.82) is 0 Å². The smallest absolute Gasteiger partial charge is 0.270 e. The van der Waals surface area contributed by atoms with Crippen molar-refractivity contribution in [3.8, 4) is 5.75 Å². The zero-order valence-electron chi connectivity index (χ0n) is 16.8. The number of amides is 1. The molecule has 0 aliphatic heterocycles. The molecule has 3 rings (SSSR count). The number of fused-ring (bicyclic) bond motifs is 1. The number of carbonyl (C=O) groups excluding carboxylic acids is 1. The van der Waals surface area contributed by atoms with Gasteiger partial charge in [0.2, 0.25) is 0 Å². The molecule has 148 valence electrons. The summed E-state index contributed by atoms with van der Waals surface area (Å²) in [5.74, 6) is 0.676. The third kappa shape index (κ3) is 4.05. The van der Waals surface area contributed by atoms with Crippen molar-refractivity contribution < 1.29 is 9.53 Å². The van der Waals surface area contributed by atoms with Crippen molar-refractivity contribution in [1.82, 2.24) is 19.6 Å². The summed E-state index contributed by atoms with van der Waals surface area (Å²) in [4.78, 5) is 19.6. The Balaban J connectivity index is 1.83. The SMILES string of the molecule is COc1ccc(C(CNC(=O)c2c(C)nc3c(Br)cc(C)cn23)N(C)C)cc1. The number of benzene rings is 1. The van der Waals surface area contributed by atoms with Crippen LogP contribution in [0.2, 0.25) is 0 Å². The Hall–Kier alpha value is -2.38. The van der Waals surface area contributed by atoms with Crippen molar-refractivity contribution >= 4 is 27.5 Å². The van der Waals surface area contributed by atoms with Gasteiger partial charge in [-0.1, -0.05) is 12.1 Å². The van der Waals surface area contributed by atoms with E-state index in [-0.39, 0.29) is 11.9 Å². The molecule has 0 aliphatic carbocycles. The number of nitrogens with zero attached hydrogens (tertiary/aromatic N) is 3. The second kappa shape index (κ2) is 8.32. The van der Waals surface area contributed by atoms with Gasteiger partial charge in [0, 0.05) is 12.7 Å². The monoisotopic (exact) mass is 444 g/mol. The van der Waals surface area contributed by atoms with Gasteiger partial charge in [0.15, 0.2) is 5.65 Å². The molecule has 2 aromatic heterocycles. The molecule has 0 aliphatic rings. The molecule has 1 unspecified atom stereocenters. The molecule has 1 N–H and O–H groups in total. The Bertz CT molecular complexity index is 996. The average molecular weight is 445 g/mol. The van der Waals surface area contributed by atoms with Crippen molar-refractivity contribution in [3.05, 3.63) is 63.5 Å². The molecule has 0 spiro atoms. The molecule has 0 fully saturated rings. The van der Waals surface area contributed by atoms with Crippen LogP contribution in [-0.2, 0) is 0 Å². The highest BCUT2D eigenvalue weighted by Gasteiger charge is 2.21. The van der Waals surface area contributed by atoms with E-state index >= 15 is 0 Å². The molecule has 2 heterocycles. The number of imidazole rings is 1. The zero-order valence-corrected chi connectivity index (χ0v) is 18.4. The van der Waals surface area contributed by atoms with Crippen LogP contribution >= 0.6 is 15.9 Å². The maximum Gasteiger partial charge on any atom is 0.270 e. The van der Waals surface area contributed by atoms with Crippen LogP contribution in [0.1, 0.15) is 33.4 Å². The van der Waals surface area contributed by atoms with Crippen LogP contribution in [0.4, 0.5) is 0 Å². The van der Waals surface area contributed by atoms with E-state index < -0.39 is 0 Å². The number of hydrogen-bond donors (Lipinski definition) is 1. The van der Waals surface area contributed by atoms with Gasteiger partial charge in [-0.3, -0.25) is 9.20 Å². The first-order valence-corrected chi connectivity index (χ1v) is 9.84. The molecule has 0 radical (unpaired) electrons. The van der Waals surface area contributed by atoms with E-state index in [2.05, 4.69) is 31.1 Å². The highest BCUT2D eigenvalue weighted by molar-refractivity contribution is 9.10. The number of aromatic nitrogens is 2. The number of pyridine rings is 1. The molecule has 28 heavy (non-hydrogen) atoms. The number of halogens is 1. The summed E-state index contributed by atoms with van der Waals surface area (Å²) >= 11 is 3.54. The van der Waals surface area contributed by atoms with Gasteiger partial charge in [-0.25, -0.2) is 4.98 Å². The van der Waals surface area contributed by atoms with Crippen molar-refractivity contribution in [3.63, 3.8) is 0 Å². The van der Waals surface area contributed by atoms with E-state index in [0.717, 1.165) is 27.0 Å². The third-order valence-electron chi connectivity index (χ3n) is 4.78. The number of carbonyl (C=O) groups is 1. The summed E-state index contributed by atoms with van der Waals surface area (Å²) in [7, 11) is 5.65. The molecule has 1 aromatic carbocycles. The van der Waals surface area contributed by atoms with Gasteiger partial charge in [-0.2, -0.15) is 0 Å². The predicted octanol–water partition coefficient (Wildman–Crippen LogP) is 3.75. The fraction of sp³-hybridized carbons (Fsp3) is 0.333. The highest BCUT2D eigenvalue weighted by Crippen LogP contribution is 2.23. The van der Waals surface area contributed by atoms with Gasteiger partial charge < -0.3 is 15.0 Å². The minimum Gasteiger partial charge on any atom is -0.497 e. The van der Waals surface area contributed by atoms with E-state index in [0.29, 0.717) is 17.9 Å². The van der Waals surface area contributed by atoms with E-state index in [4.69, 9.17) is 4.74 Å². The molecule has 0 saturated carbocycles. The summed E-state index contributed by atoms with van der Waals surface area (Å²) in [6.45, 7) is 4.33. The van der Waals surface area contributed by atoms with Crippen LogP contribution in [0, 0.1) is 13.8 Å². The maximum atomic E-state index is 13.0. The van der Waals surface area contributed by atoms with Gasteiger partial charge in [0.1, 0.15) is 11.4 Å². The fourth-order valence-electron chi connectivity index (χ4n) is 3.32. The molecule has 0 saturated heterocycles. The van der Waals surface area contributed by atoms with Gasteiger partial charge in [0.05, 0.1) is 23.3 Å². The van der Waals surface area contributed by atoms with Gasteiger partial charge in [-0.15, -0.1) is 0 Å². The Morgan fingerprint density at radius 2 is 1.96 bits per heavy atom. The quantitative estimate of drug-likeness (QED) is 0.628. The van der Waals surface area contributed by atoms with Crippen LogP contribution in [-0.4, -0.2) is 47.9 Å². The molecule has 3 aromatic rings. The number of methoxy groups -OCH3 is 1. The molecule has 1 atom stereocenters. The Morgan fingerprint density at radius 1 is 1.29 bits per heavy atom. The third-order valence-corrected chi connectivity index (χ3v) is 5.36. The van der Waals surface area contributed by atoms with Crippen LogP contribution in [0.5, 0.6) is 5.75 Å². The molecule has 7 heteroatoms. The lowest BCUT2D eigenvalue weighted by atomic mass is 10.1. The van der Waals surface area contributed by atoms with Crippen LogP contribution in [0.3, 0.4) is 0 Å². The number of likely N-dealkylation sites (N-methyl/N-ethyl adjacent to an activating group) is 1. The summed E-state index contributed by atoms with van der Waals surface area (Å²) in [6, 6.07) is 9.95. The molecular weight excluding hydrogens is 420 g/mol. The fourth-order valence-corrected chi connectivity index (χ4v) is 3.96. The van der Waals surface area contributed by atoms with Crippen LogP contribution in [0.15, 0.2) is 41.0 Å². The summed E-state index contributed by atoms with van der Waals surface area (Å²) < 4.78 is 7.96. The summed E-state index contributed by atoms with van der Waals surface area (Å²) in [6.07, 6.45) is 1.93. The molecule has 1 amide bonds. The first-order chi connectivity index (χ1) is 13.3. The highest BCUT2D eigenvalue weighted by atomic mass is 79.9. The summed E-state index contributed by atoms with van der Waals surface area (Å²) in [5, 5.41) is 3.08. The topological polar surface area (TPSA) is 58.9 Å². The average Bonchev–Trinajstić information content (AvgIpc) is 2.98. The van der Waals surface area contributed by atoms with Gasteiger partial charge in [-0.05, 0) is 73.2 Å². The van der Waals surface area contributed by atoms with Gasteiger partial charge in [0.25, 0.3) is 5.91 Å². The standard InChI is InChI=1S/C21H25BrN4O2/c1-13-10-17(22)20-24-14(2)19(26(20)12-13)21(27)23-11-18(25(3)4)15-6-8-16(28-5)9-7-15/h6-10,12,18H,11H2,1-5H3,(H,23,27). The second-order valence-electron chi connectivity index (χ2n) is 7.07. The van der Waals surface area contributed by atoms with E-state index in [1.165, 1.54) is 0 Å². The lowest BCUT2D eigenvalue weighted by molar-refractivity contribution is 0.0935. The predicted molar refractivity (Wildman–Crippen MR) is 114 cm³/mol. The largest absolute Gasteiger partial charge is 0.497 e. The van der Waals surface area contributed by atoms with Crippen LogP contribution < -0.4 is 10.1 Å². The molecular formula is C21H25BrN4O2. The Labute approximate surface area is 173 Å². The van der Waals surface area contributed by atoms with Gasteiger partial charge >= 0.3 is 0 Å². The number of aryl methyl sites for hydroxylation is 2. The first kappa shape index (κ1) is 20.4.